The molecule has 0 bridgehead atoms. The van der Waals surface area contributed by atoms with Crippen LogP contribution < -0.4 is 18.9 Å². The molecule has 0 saturated carbocycles. The quantitative estimate of drug-likeness (QED) is 0.0225. The van der Waals surface area contributed by atoms with Crippen LogP contribution >= 0.6 is 0 Å². The van der Waals surface area contributed by atoms with Crippen molar-refractivity contribution in [2.45, 2.75) is 169 Å². The summed E-state index contributed by atoms with van der Waals surface area (Å²) in [6, 6.07) is 39.0. The van der Waals surface area contributed by atoms with Crippen LogP contribution in [0, 0.1) is 0 Å². The molecule has 0 aromatic heterocycles. The summed E-state index contributed by atoms with van der Waals surface area (Å²) in [6.45, 7) is 15.3. The van der Waals surface area contributed by atoms with Crippen molar-refractivity contribution in [2.24, 2.45) is 0 Å². The molecule has 6 nitrogen and oxygen atoms in total. The zero-order chi connectivity index (χ0) is 49.4. The number of benzene rings is 5. The number of carbonyl (C=O) groups is 1. The van der Waals surface area contributed by atoms with Gasteiger partial charge in [0.05, 0.1) is 33.0 Å². The van der Waals surface area contributed by atoms with Crippen molar-refractivity contribution < 1.29 is 28.5 Å². The number of hydrogen-bond donors (Lipinski definition) is 0. The first kappa shape index (κ1) is 55.4. The van der Waals surface area contributed by atoms with Crippen LogP contribution in [0.25, 0.3) is 44.5 Å². The number of carbonyl (C=O) groups excluding carboxylic acids is 1. The minimum Gasteiger partial charge on any atom is -0.494 e. The Labute approximate surface area is 423 Å². The molecule has 5 aromatic rings. The van der Waals surface area contributed by atoms with E-state index in [2.05, 4.69) is 137 Å². The topological polar surface area (TPSA) is 63.2 Å². The van der Waals surface area contributed by atoms with Crippen LogP contribution in [0.4, 0.5) is 0 Å². The molecule has 0 aliphatic rings. The van der Waals surface area contributed by atoms with Gasteiger partial charge in [0.25, 0.3) is 0 Å². The van der Waals surface area contributed by atoms with Gasteiger partial charge in [-0.2, -0.15) is 0 Å². The van der Waals surface area contributed by atoms with Gasteiger partial charge in [0.2, 0.25) is 0 Å². The lowest BCUT2D eigenvalue weighted by Gasteiger charge is -2.19. The van der Waals surface area contributed by atoms with Crippen LogP contribution in [0.1, 0.15) is 169 Å². The van der Waals surface area contributed by atoms with Crippen LogP contribution in [0.3, 0.4) is 0 Å². The van der Waals surface area contributed by atoms with Crippen molar-refractivity contribution in [3.8, 4) is 67.5 Å². The molecular weight excluding hydrogens is 865 g/mol. The van der Waals surface area contributed by atoms with Crippen molar-refractivity contribution >= 4 is 5.97 Å². The fourth-order valence-corrected chi connectivity index (χ4v) is 8.66. The average Bonchev–Trinajstić information content (AvgIpc) is 3.39. The Morgan fingerprint density at radius 2 is 0.629 bits per heavy atom. The summed E-state index contributed by atoms with van der Waals surface area (Å²) in [4.78, 5) is 11.8. The Hall–Kier alpha value is -5.49. The number of ether oxygens (including phenoxy) is 5. The predicted octanol–water partition coefficient (Wildman–Crippen LogP) is 18.6. The van der Waals surface area contributed by atoms with Crippen molar-refractivity contribution in [3.63, 3.8) is 0 Å². The maximum atomic E-state index is 11.8. The third-order valence-electron chi connectivity index (χ3n) is 13.0. The normalized spacial score (nSPS) is 11.1. The maximum absolute atomic E-state index is 11.8. The first-order valence-corrected chi connectivity index (χ1v) is 27.3. The summed E-state index contributed by atoms with van der Waals surface area (Å²) in [5.74, 6) is 3.21. The van der Waals surface area contributed by atoms with Gasteiger partial charge in [-0.05, 0) is 122 Å². The smallest absolute Gasteiger partial charge is 0.333 e. The first-order chi connectivity index (χ1) is 34.4. The number of hydrogen-bond acceptors (Lipinski definition) is 6. The monoisotopic (exact) mass is 951 g/mol. The van der Waals surface area contributed by atoms with Crippen LogP contribution in [-0.2, 0) is 9.53 Å². The summed E-state index contributed by atoms with van der Waals surface area (Å²) < 4.78 is 31.0. The number of unbranched alkanes of at least 4 members (excludes halogenated alkanes) is 18. The van der Waals surface area contributed by atoms with Crippen molar-refractivity contribution in [3.05, 3.63) is 121 Å². The van der Waals surface area contributed by atoms with E-state index in [1.54, 1.807) is 6.92 Å². The highest BCUT2D eigenvalue weighted by atomic mass is 16.5. The van der Waals surface area contributed by atoms with Crippen LogP contribution in [0.5, 0.6) is 23.0 Å². The molecule has 0 unspecified atom stereocenters. The maximum Gasteiger partial charge on any atom is 0.333 e. The standard InChI is InChI=1S/C64H86O6/c1-6-9-12-15-18-23-44-66-58-40-36-54(37-41-58)52-28-32-56(33-29-52)60-50-63(69-47-26-21-22-27-48-70-64(65)51(4)5)61(49-62(60)68-46-25-20-17-14-11-8-3)57-34-30-53(31-35-57)55-38-42-59(43-39-55)67-45-24-19-16-13-10-7-2/h28-43,49-50H,4,6-27,44-48H2,1-3,5H3. The van der Waals surface area contributed by atoms with Gasteiger partial charge in [-0.25, -0.2) is 4.79 Å². The molecule has 0 heterocycles. The largest absolute Gasteiger partial charge is 0.494 e. The highest BCUT2D eigenvalue weighted by Gasteiger charge is 2.17. The lowest BCUT2D eigenvalue weighted by molar-refractivity contribution is -0.139. The second kappa shape index (κ2) is 33.2. The Kier molecular flexibility index (Phi) is 26.3. The predicted molar refractivity (Wildman–Crippen MR) is 295 cm³/mol. The SMILES string of the molecule is C=C(C)C(=O)OCCCCCCOc1cc(-c2ccc(-c3ccc(OCCCCCCCC)cc3)cc2)c(OCCCCCCCC)cc1-c1ccc(-c2ccc(OCCCCCCCC)cc2)cc1. The van der Waals surface area contributed by atoms with E-state index < -0.39 is 0 Å². The van der Waals surface area contributed by atoms with Gasteiger partial charge in [0, 0.05) is 16.7 Å². The molecule has 0 N–H and O–H groups in total. The second-order valence-corrected chi connectivity index (χ2v) is 19.1. The molecule has 70 heavy (non-hydrogen) atoms. The summed E-state index contributed by atoms with van der Waals surface area (Å²) in [6.07, 6.45) is 25.9. The van der Waals surface area contributed by atoms with E-state index >= 15 is 0 Å². The van der Waals surface area contributed by atoms with Gasteiger partial charge >= 0.3 is 5.97 Å². The highest BCUT2D eigenvalue weighted by Crippen LogP contribution is 2.42. The molecule has 378 valence electrons. The first-order valence-electron chi connectivity index (χ1n) is 27.3. The van der Waals surface area contributed by atoms with Crippen LogP contribution in [0.15, 0.2) is 121 Å². The summed E-state index contributed by atoms with van der Waals surface area (Å²) >= 11 is 0. The molecule has 0 fully saturated rings. The minimum atomic E-state index is -0.326. The Morgan fingerprint density at radius 1 is 0.357 bits per heavy atom. The number of esters is 1. The van der Waals surface area contributed by atoms with E-state index in [0.29, 0.717) is 25.4 Å². The lowest BCUT2D eigenvalue weighted by Crippen LogP contribution is -2.06. The van der Waals surface area contributed by atoms with Gasteiger partial charge in [-0.15, -0.1) is 0 Å². The van der Waals surface area contributed by atoms with Crippen molar-refractivity contribution in [1.82, 2.24) is 0 Å². The third-order valence-corrected chi connectivity index (χ3v) is 13.0. The average molecular weight is 951 g/mol. The summed E-state index contributed by atoms with van der Waals surface area (Å²) in [7, 11) is 0. The molecule has 5 rings (SSSR count). The van der Waals surface area contributed by atoms with E-state index in [-0.39, 0.29) is 5.97 Å². The molecule has 0 saturated heterocycles. The minimum absolute atomic E-state index is 0.326. The van der Waals surface area contributed by atoms with Gasteiger partial charge in [0.1, 0.15) is 23.0 Å². The molecule has 5 aromatic carbocycles. The molecule has 0 radical (unpaired) electrons. The van der Waals surface area contributed by atoms with E-state index in [1.165, 1.54) is 89.9 Å². The molecule has 0 amide bonds. The zero-order valence-electron chi connectivity index (χ0n) is 43.6. The van der Waals surface area contributed by atoms with Crippen molar-refractivity contribution in [1.29, 1.82) is 0 Å². The van der Waals surface area contributed by atoms with Gasteiger partial charge in [-0.1, -0.05) is 196 Å². The van der Waals surface area contributed by atoms with Gasteiger partial charge < -0.3 is 23.7 Å². The van der Waals surface area contributed by atoms with Gasteiger partial charge in [-0.3, -0.25) is 0 Å². The van der Waals surface area contributed by atoms with Gasteiger partial charge in [0.15, 0.2) is 0 Å². The number of rotatable bonds is 37. The highest BCUT2D eigenvalue weighted by molar-refractivity contribution is 5.87. The van der Waals surface area contributed by atoms with Crippen LogP contribution in [-0.4, -0.2) is 39.0 Å². The molecule has 0 spiro atoms. The summed E-state index contributed by atoms with van der Waals surface area (Å²) in [5.41, 5.74) is 9.21. The fourth-order valence-electron chi connectivity index (χ4n) is 8.66. The molecule has 0 aliphatic heterocycles. The molecule has 6 heteroatoms. The lowest BCUT2D eigenvalue weighted by atomic mass is 9.95. The van der Waals surface area contributed by atoms with E-state index in [4.69, 9.17) is 23.7 Å². The van der Waals surface area contributed by atoms with Crippen LogP contribution in [0.2, 0.25) is 0 Å². The molecule has 0 aliphatic carbocycles. The summed E-state index contributed by atoms with van der Waals surface area (Å²) in [5, 5.41) is 0. The Balaban J connectivity index is 1.34. The van der Waals surface area contributed by atoms with E-state index in [1.807, 2.05) is 0 Å². The van der Waals surface area contributed by atoms with E-state index in [0.717, 1.165) is 132 Å². The fraction of sp³-hybridized carbons (Fsp3) is 0.484. The van der Waals surface area contributed by atoms with Crippen molar-refractivity contribution in [2.75, 3.05) is 33.0 Å². The molecule has 0 atom stereocenters. The van der Waals surface area contributed by atoms with E-state index in [9.17, 15) is 4.79 Å². The Morgan fingerprint density at radius 3 is 0.957 bits per heavy atom. The second-order valence-electron chi connectivity index (χ2n) is 19.1. The zero-order valence-corrected chi connectivity index (χ0v) is 43.6. The Bertz CT molecular complexity index is 2190. The molecular formula is C64H86O6. The third kappa shape index (κ3) is 20.1.